The van der Waals surface area contributed by atoms with Gasteiger partial charge in [-0.15, -0.1) is 0 Å². The number of carbonyl (C=O) groups is 1. The van der Waals surface area contributed by atoms with Crippen LogP contribution in [-0.4, -0.2) is 12.3 Å². The number of carbonyl (C=O) groups excluding carboxylic acids is 1. The Hall–Kier alpha value is -1.85. The van der Waals surface area contributed by atoms with Gasteiger partial charge in [0.25, 0.3) is 0 Å². The Balaban J connectivity index is 1.89. The topological polar surface area (TPSA) is 50.7 Å². The molecule has 0 unspecified atom stereocenters. The molecule has 4 nitrogen and oxygen atoms in total. The van der Waals surface area contributed by atoms with Gasteiger partial charge < -0.3 is 0 Å². The number of hydrogen-bond donors (Lipinski definition) is 1. The Morgan fingerprint density at radius 3 is 2.60 bits per heavy atom. The minimum Gasteiger partial charge on any atom is -0.298 e. The number of hydrogen-bond acceptors (Lipinski definition) is 3. The SMILES string of the molecule is O=C(Nc1ccccc1Cl)O/N=C/c1ccc(Br)cc1. The highest BCUT2D eigenvalue weighted by Gasteiger charge is 2.05. The maximum absolute atomic E-state index is 11.5. The van der Waals surface area contributed by atoms with Crippen LogP contribution in [0.3, 0.4) is 0 Å². The third kappa shape index (κ3) is 4.36. The summed E-state index contributed by atoms with van der Waals surface area (Å²) < 4.78 is 0.965. The lowest BCUT2D eigenvalue weighted by Gasteiger charge is -2.03. The van der Waals surface area contributed by atoms with E-state index < -0.39 is 6.09 Å². The van der Waals surface area contributed by atoms with Crippen molar-refractivity contribution in [3.05, 3.63) is 63.6 Å². The summed E-state index contributed by atoms with van der Waals surface area (Å²) in [4.78, 5) is 16.2. The van der Waals surface area contributed by atoms with Crippen LogP contribution in [0.15, 0.2) is 58.2 Å². The number of benzene rings is 2. The van der Waals surface area contributed by atoms with Crippen molar-refractivity contribution in [1.29, 1.82) is 0 Å². The largest absolute Gasteiger partial charge is 0.437 e. The molecule has 1 amide bonds. The molecule has 2 aromatic carbocycles. The summed E-state index contributed by atoms with van der Waals surface area (Å²) in [6.45, 7) is 0. The quantitative estimate of drug-likeness (QED) is 0.494. The summed E-state index contributed by atoms with van der Waals surface area (Å²) in [7, 11) is 0. The average molecular weight is 354 g/mol. The van der Waals surface area contributed by atoms with Gasteiger partial charge in [-0.3, -0.25) is 10.2 Å². The van der Waals surface area contributed by atoms with E-state index in [2.05, 4.69) is 31.2 Å². The monoisotopic (exact) mass is 352 g/mol. The highest BCUT2D eigenvalue weighted by Crippen LogP contribution is 2.20. The minimum absolute atomic E-state index is 0.432. The molecule has 0 aliphatic heterocycles. The van der Waals surface area contributed by atoms with Gasteiger partial charge in [0.05, 0.1) is 16.9 Å². The maximum atomic E-state index is 11.5. The van der Waals surface area contributed by atoms with Crippen LogP contribution in [0.5, 0.6) is 0 Å². The summed E-state index contributed by atoms with van der Waals surface area (Å²) in [5, 5.41) is 6.52. The van der Waals surface area contributed by atoms with E-state index >= 15 is 0 Å². The first-order valence-corrected chi connectivity index (χ1v) is 6.84. The molecule has 0 atom stereocenters. The molecule has 0 aliphatic rings. The molecule has 0 fully saturated rings. The standard InChI is InChI=1S/C14H10BrClN2O2/c15-11-7-5-10(6-8-11)9-17-20-14(19)18-13-4-2-1-3-12(13)16/h1-9H,(H,18,19)/b17-9+. The molecule has 102 valence electrons. The summed E-state index contributed by atoms with van der Waals surface area (Å²) in [6, 6.07) is 14.3. The number of para-hydroxylation sites is 1. The smallest absolute Gasteiger partial charge is 0.298 e. The second-order valence-electron chi connectivity index (χ2n) is 3.77. The molecule has 0 aliphatic carbocycles. The highest BCUT2D eigenvalue weighted by molar-refractivity contribution is 9.10. The number of nitrogens with one attached hydrogen (secondary N) is 1. The number of halogens is 2. The van der Waals surface area contributed by atoms with Crippen molar-refractivity contribution in [2.75, 3.05) is 5.32 Å². The van der Waals surface area contributed by atoms with E-state index in [0.29, 0.717) is 10.7 Å². The molecule has 0 aromatic heterocycles. The fourth-order valence-corrected chi connectivity index (χ4v) is 1.83. The molecule has 0 saturated heterocycles. The molecule has 0 saturated carbocycles. The predicted molar refractivity (Wildman–Crippen MR) is 83.3 cm³/mol. The Kier molecular flexibility index (Phi) is 5.15. The van der Waals surface area contributed by atoms with Gasteiger partial charge in [-0.05, 0) is 29.8 Å². The lowest BCUT2D eigenvalue weighted by molar-refractivity contribution is 0.167. The molecular weight excluding hydrogens is 344 g/mol. The molecule has 2 rings (SSSR count). The predicted octanol–water partition coefficient (Wildman–Crippen LogP) is 4.69. The highest BCUT2D eigenvalue weighted by atomic mass is 79.9. The molecule has 6 heteroatoms. The third-order valence-corrected chi connectivity index (χ3v) is 3.18. The molecule has 1 N–H and O–H groups in total. The van der Waals surface area contributed by atoms with Crippen molar-refractivity contribution in [3.63, 3.8) is 0 Å². The van der Waals surface area contributed by atoms with Gasteiger partial charge in [-0.2, -0.15) is 0 Å². The van der Waals surface area contributed by atoms with Crippen molar-refractivity contribution in [2.45, 2.75) is 0 Å². The van der Waals surface area contributed by atoms with Crippen molar-refractivity contribution < 1.29 is 9.63 Å². The van der Waals surface area contributed by atoms with E-state index in [9.17, 15) is 4.79 Å². The summed E-state index contributed by atoms with van der Waals surface area (Å²) >= 11 is 9.23. The first kappa shape index (κ1) is 14.6. The first-order chi connectivity index (χ1) is 9.65. The minimum atomic E-state index is -0.702. The van der Waals surface area contributed by atoms with E-state index in [1.807, 2.05) is 24.3 Å². The van der Waals surface area contributed by atoms with E-state index in [-0.39, 0.29) is 0 Å². The lowest BCUT2D eigenvalue weighted by atomic mass is 10.2. The van der Waals surface area contributed by atoms with Crippen LogP contribution in [0.4, 0.5) is 10.5 Å². The normalized spacial score (nSPS) is 10.5. The number of oxime groups is 1. The van der Waals surface area contributed by atoms with Crippen LogP contribution in [0.2, 0.25) is 5.02 Å². The van der Waals surface area contributed by atoms with Crippen molar-refractivity contribution in [1.82, 2.24) is 0 Å². The summed E-state index contributed by atoms with van der Waals surface area (Å²) in [5.41, 5.74) is 1.29. The van der Waals surface area contributed by atoms with Crippen LogP contribution in [0, 0.1) is 0 Å². The Labute approximate surface area is 129 Å². The zero-order valence-corrected chi connectivity index (χ0v) is 12.6. The molecule has 20 heavy (non-hydrogen) atoms. The number of amides is 1. The maximum Gasteiger partial charge on any atom is 0.437 e. The molecular formula is C14H10BrClN2O2. The molecule has 0 spiro atoms. The van der Waals surface area contributed by atoms with Crippen LogP contribution in [0.25, 0.3) is 0 Å². The van der Waals surface area contributed by atoms with Gasteiger partial charge in [0, 0.05) is 4.47 Å². The number of rotatable bonds is 3. The van der Waals surface area contributed by atoms with Crippen LogP contribution in [0.1, 0.15) is 5.56 Å². The van der Waals surface area contributed by atoms with Gasteiger partial charge in [0.15, 0.2) is 0 Å². The van der Waals surface area contributed by atoms with Gasteiger partial charge >= 0.3 is 6.09 Å². The zero-order valence-electron chi connectivity index (χ0n) is 10.2. The van der Waals surface area contributed by atoms with E-state index in [1.165, 1.54) is 6.21 Å². The van der Waals surface area contributed by atoms with E-state index in [0.717, 1.165) is 10.0 Å². The second kappa shape index (κ2) is 7.07. The zero-order chi connectivity index (χ0) is 14.4. The van der Waals surface area contributed by atoms with E-state index in [4.69, 9.17) is 11.6 Å². The Bertz CT molecular complexity index is 629. The fourth-order valence-electron chi connectivity index (χ4n) is 1.38. The van der Waals surface area contributed by atoms with Crippen molar-refractivity contribution >= 4 is 45.5 Å². The summed E-state index contributed by atoms with van der Waals surface area (Å²) in [5.74, 6) is 0. The third-order valence-electron chi connectivity index (χ3n) is 2.32. The molecule has 0 bridgehead atoms. The fraction of sp³-hybridized carbons (Fsp3) is 0. The van der Waals surface area contributed by atoms with Gasteiger partial charge in [-0.1, -0.05) is 57.0 Å². The summed E-state index contributed by atoms with van der Waals surface area (Å²) in [6.07, 6.45) is 0.741. The Morgan fingerprint density at radius 2 is 1.90 bits per heavy atom. The van der Waals surface area contributed by atoms with Crippen LogP contribution in [-0.2, 0) is 4.84 Å². The van der Waals surface area contributed by atoms with Gasteiger partial charge in [0.2, 0.25) is 0 Å². The lowest BCUT2D eigenvalue weighted by Crippen LogP contribution is -2.11. The number of anilines is 1. The van der Waals surface area contributed by atoms with Crippen molar-refractivity contribution in [2.24, 2.45) is 5.16 Å². The van der Waals surface area contributed by atoms with Crippen LogP contribution < -0.4 is 5.32 Å². The average Bonchev–Trinajstić information content (AvgIpc) is 2.44. The first-order valence-electron chi connectivity index (χ1n) is 5.66. The molecule has 0 radical (unpaired) electrons. The van der Waals surface area contributed by atoms with Crippen molar-refractivity contribution in [3.8, 4) is 0 Å². The van der Waals surface area contributed by atoms with Gasteiger partial charge in [-0.25, -0.2) is 4.79 Å². The van der Waals surface area contributed by atoms with E-state index in [1.54, 1.807) is 24.3 Å². The van der Waals surface area contributed by atoms with Crippen LogP contribution >= 0.6 is 27.5 Å². The molecule has 0 heterocycles. The molecule has 2 aromatic rings. The van der Waals surface area contributed by atoms with Gasteiger partial charge in [0.1, 0.15) is 0 Å². The Morgan fingerprint density at radius 1 is 1.20 bits per heavy atom. The number of nitrogens with zero attached hydrogens (tertiary/aromatic N) is 1. The second-order valence-corrected chi connectivity index (χ2v) is 5.09.